The van der Waals surface area contributed by atoms with Crippen LogP contribution in [-0.2, 0) is 22.3 Å². The summed E-state index contributed by atoms with van der Waals surface area (Å²) in [6.07, 6.45) is -2.65. The smallest absolute Gasteiger partial charge is 0.416 e. The Labute approximate surface area is 206 Å². The average Bonchev–Trinajstić information content (AvgIpc) is 3.26. The molecule has 2 fully saturated rings. The first kappa shape index (κ1) is 27.3. The first-order valence-corrected chi connectivity index (χ1v) is 12.4. The predicted molar refractivity (Wildman–Crippen MR) is 127 cm³/mol. The molecule has 1 saturated heterocycles. The average molecular weight is 498 g/mol. The number of halogens is 3. The van der Waals surface area contributed by atoms with Gasteiger partial charge in [-0.3, -0.25) is 9.69 Å². The Kier molecular flexibility index (Phi) is 8.40. The Hall–Kier alpha value is -2.29. The number of nitrogens with one attached hydrogen (secondary N) is 2. The molecule has 1 aliphatic heterocycles. The van der Waals surface area contributed by atoms with Crippen LogP contribution in [0.2, 0.25) is 0 Å². The lowest BCUT2D eigenvalue weighted by Crippen LogP contribution is -2.52. The molecule has 9 heteroatoms. The summed E-state index contributed by atoms with van der Waals surface area (Å²) in [5.41, 5.74) is -0.652. The Morgan fingerprint density at radius 3 is 2.49 bits per heavy atom. The summed E-state index contributed by atoms with van der Waals surface area (Å²) < 4.78 is 44.5. The van der Waals surface area contributed by atoms with E-state index in [1.165, 1.54) is 12.1 Å². The molecule has 2 N–H and O–H groups in total. The molecule has 1 aromatic rings. The number of hydrogen-bond donors (Lipinski definition) is 2. The lowest BCUT2D eigenvalue weighted by molar-refractivity contribution is -0.137. The Morgan fingerprint density at radius 2 is 1.86 bits per heavy atom. The fourth-order valence-corrected chi connectivity index (χ4v) is 5.21. The van der Waals surface area contributed by atoms with E-state index in [4.69, 9.17) is 4.74 Å². The summed E-state index contributed by atoms with van der Waals surface area (Å²) in [7, 11) is 0. The van der Waals surface area contributed by atoms with Crippen molar-refractivity contribution in [2.24, 2.45) is 17.8 Å². The van der Waals surface area contributed by atoms with Crippen molar-refractivity contribution in [3.63, 3.8) is 0 Å². The van der Waals surface area contributed by atoms with Crippen LogP contribution < -0.4 is 10.6 Å². The van der Waals surface area contributed by atoms with Gasteiger partial charge in [0, 0.05) is 25.7 Å². The van der Waals surface area contributed by atoms with Crippen LogP contribution in [0.5, 0.6) is 0 Å². The number of rotatable bonds is 7. The summed E-state index contributed by atoms with van der Waals surface area (Å²) >= 11 is 0. The van der Waals surface area contributed by atoms with E-state index in [1.807, 2.05) is 13.8 Å². The van der Waals surface area contributed by atoms with E-state index >= 15 is 0 Å². The minimum atomic E-state index is -4.35. The second kappa shape index (κ2) is 10.8. The fourth-order valence-electron chi connectivity index (χ4n) is 5.21. The monoisotopic (exact) mass is 497 g/mol. The third-order valence-electron chi connectivity index (χ3n) is 6.64. The van der Waals surface area contributed by atoms with Gasteiger partial charge >= 0.3 is 12.3 Å². The van der Waals surface area contributed by atoms with Crippen molar-refractivity contribution in [2.45, 2.75) is 84.3 Å². The number of alkyl halides is 3. The van der Waals surface area contributed by atoms with Crippen LogP contribution in [0, 0.1) is 17.8 Å². The van der Waals surface area contributed by atoms with Gasteiger partial charge < -0.3 is 15.4 Å². The van der Waals surface area contributed by atoms with E-state index in [0.29, 0.717) is 24.4 Å². The first-order chi connectivity index (χ1) is 16.2. The second-order valence-electron chi connectivity index (χ2n) is 11.3. The maximum atomic E-state index is 13.1. The van der Waals surface area contributed by atoms with E-state index in [1.54, 1.807) is 26.8 Å². The van der Waals surface area contributed by atoms with Crippen LogP contribution in [0.1, 0.15) is 65.0 Å². The molecule has 35 heavy (non-hydrogen) atoms. The predicted octanol–water partition coefficient (Wildman–Crippen LogP) is 4.97. The molecule has 1 aromatic carbocycles. The highest BCUT2D eigenvalue weighted by Crippen LogP contribution is 2.39. The van der Waals surface area contributed by atoms with E-state index in [9.17, 15) is 22.8 Å². The normalized spacial score (nSPS) is 23.7. The van der Waals surface area contributed by atoms with Crippen molar-refractivity contribution in [1.82, 2.24) is 15.5 Å². The second-order valence-corrected chi connectivity index (χ2v) is 11.3. The van der Waals surface area contributed by atoms with Crippen molar-refractivity contribution in [3.8, 4) is 0 Å². The number of carbonyl (C=O) groups excluding carboxylic acids is 2. The summed E-state index contributed by atoms with van der Waals surface area (Å²) in [5, 5.41) is 5.87. The third-order valence-corrected chi connectivity index (χ3v) is 6.64. The van der Waals surface area contributed by atoms with Crippen LogP contribution in [0.3, 0.4) is 0 Å². The quantitative estimate of drug-likeness (QED) is 0.558. The van der Waals surface area contributed by atoms with E-state index in [-0.39, 0.29) is 23.8 Å². The van der Waals surface area contributed by atoms with Crippen molar-refractivity contribution in [3.05, 3.63) is 35.4 Å². The van der Waals surface area contributed by atoms with Crippen molar-refractivity contribution in [2.75, 3.05) is 13.1 Å². The Morgan fingerprint density at radius 1 is 1.14 bits per heavy atom. The standard InChI is InChI=1S/C26H38F3N3O3/c1-16(2)11-22(31-24(34)35-25(3,4)5)23(33)30-21-10-9-18-14-32(15-20(18)21)13-17-7-6-8-19(12-17)26(27,28)29/h6-8,12,16,18,20-22H,9-11,13-15H2,1-5H3,(H,30,33)(H,31,34)/t18-,20+,21-,22+/m1/s1. The topological polar surface area (TPSA) is 70.7 Å². The molecule has 1 heterocycles. The van der Waals surface area contributed by atoms with Gasteiger partial charge in [0.1, 0.15) is 11.6 Å². The van der Waals surface area contributed by atoms with Gasteiger partial charge in [0.15, 0.2) is 0 Å². The summed E-state index contributed by atoms with van der Waals surface area (Å²) in [4.78, 5) is 27.6. The van der Waals surface area contributed by atoms with Gasteiger partial charge in [-0.25, -0.2) is 4.79 Å². The SMILES string of the molecule is CC(C)C[C@H](NC(=O)OC(C)(C)C)C(=O)N[C@@H]1CC[C@@H]2CN(Cc3cccc(C(F)(F)F)c3)C[C@@H]21. The summed E-state index contributed by atoms with van der Waals surface area (Å²) in [5.74, 6) is 0.623. The van der Waals surface area contributed by atoms with Crippen molar-refractivity contribution < 1.29 is 27.5 Å². The number of hydrogen-bond acceptors (Lipinski definition) is 4. The van der Waals surface area contributed by atoms with Gasteiger partial charge in [-0.15, -0.1) is 0 Å². The number of likely N-dealkylation sites (tertiary alicyclic amines) is 1. The zero-order chi connectivity index (χ0) is 26.0. The number of fused-ring (bicyclic) bond motifs is 1. The van der Waals surface area contributed by atoms with Crippen LogP contribution in [0.15, 0.2) is 24.3 Å². The molecule has 0 spiro atoms. The van der Waals surface area contributed by atoms with Crippen molar-refractivity contribution >= 4 is 12.0 Å². The third kappa shape index (κ3) is 7.85. The Bertz CT molecular complexity index is 898. The minimum Gasteiger partial charge on any atom is -0.444 e. The van der Waals surface area contributed by atoms with Crippen molar-refractivity contribution in [1.29, 1.82) is 0 Å². The van der Waals surface area contributed by atoms with Gasteiger partial charge in [-0.05, 0) is 69.4 Å². The number of alkyl carbamates (subject to hydrolysis) is 1. The molecule has 4 atom stereocenters. The molecule has 2 aliphatic rings. The fraction of sp³-hybridized carbons (Fsp3) is 0.692. The van der Waals surface area contributed by atoms with Gasteiger partial charge in [-0.1, -0.05) is 32.0 Å². The summed E-state index contributed by atoms with van der Waals surface area (Å²) in [6.45, 7) is 11.3. The van der Waals surface area contributed by atoms with E-state index in [2.05, 4.69) is 15.5 Å². The van der Waals surface area contributed by atoms with Gasteiger partial charge in [0.05, 0.1) is 5.56 Å². The zero-order valence-corrected chi connectivity index (χ0v) is 21.2. The maximum Gasteiger partial charge on any atom is 0.416 e. The van der Waals surface area contributed by atoms with Gasteiger partial charge in [0.2, 0.25) is 5.91 Å². The molecular formula is C26H38F3N3O3. The molecule has 2 amide bonds. The van der Waals surface area contributed by atoms with Crippen LogP contribution >= 0.6 is 0 Å². The molecule has 0 radical (unpaired) electrons. The maximum absolute atomic E-state index is 13.1. The molecular weight excluding hydrogens is 459 g/mol. The molecule has 196 valence electrons. The molecule has 0 unspecified atom stereocenters. The molecule has 3 rings (SSSR count). The molecule has 0 aromatic heterocycles. The van der Waals surface area contributed by atoms with Gasteiger partial charge in [0.25, 0.3) is 0 Å². The minimum absolute atomic E-state index is 0.0193. The largest absolute Gasteiger partial charge is 0.444 e. The highest BCUT2D eigenvalue weighted by Gasteiger charge is 2.43. The lowest BCUT2D eigenvalue weighted by atomic mass is 9.97. The highest BCUT2D eigenvalue weighted by atomic mass is 19.4. The lowest BCUT2D eigenvalue weighted by Gasteiger charge is -2.27. The Balaban J connectivity index is 1.59. The molecule has 1 saturated carbocycles. The van der Waals surface area contributed by atoms with E-state index in [0.717, 1.165) is 32.0 Å². The summed E-state index contributed by atoms with van der Waals surface area (Å²) in [6, 6.07) is 4.77. The van der Waals surface area contributed by atoms with Gasteiger partial charge in [-0.2, -0.15) is 13.2 Å². The zero-order valence-electron chi connectivity index (χ0n) is 21.2. The van der Waals surface area contributed by atoms with Crippen LogP contribution in [0.25, 0.3) is 0 Å². The number of ether oxygens (including phenoxy) is 1. The molecule has 6 nitrogen and oxygen atoms in total. The van der Waals surface area contributed by atoms with E-state index < -0.39 is 29.5 Å². The number of nitrogens with zero attached hydrogens (tertiary/aromatic N) is 1. The van der Waals surface area contributed by atoms with Crippen LogP contribution in [0.4, 0.5) is 18.0 Å². The van der Waals surface area contributed by atoms with Crippen LogP contribution in [-0.4, -0.2) is 47.7 Å². The number of benzene rings is 1. The molecule has 0 bridgehead atoms. The molecule has 1 aliphatic carbocycles. The number of amides is 2. The highest BCUT2D eigenvalue weighted by molar-refractivity contribution is 5.86. The first-order valence-electron chi connectivity index (χ1n) is 12.4. The number of carbonyl (C=O) groups is 2.